The number of likely N-dealkylation sites (tertiary alicyclic amines) is 1. The second kappa shape index (κ2) is 11.8. The first-order valence-electron chi connectivity index (χ1n) is 11.7. The standard InChI is InChI=1S/C24H38N4O2/c1-3-26-24(28-15-13-19(14-16-28)17-23(29)25-2)27-18-20-9-11-22(12-10-20)30-21-7-5-4-6-8-21/h9-12,19,21H,3-8,13-18H2,1-2H3,(H,25,29)(H,26,27). The van der Waals surface area contributed by atoms with Crippen LogP contribution in [0.2, 0.25) is 0 Å². The van der Waals surface area contributed by atoms with Crippen LogP contribution in [0.15, 0.2) is 29.3 Å². The van der Waals surface area contributed by atoms with Gasteiger partial charge in [-0.05, 0) is 69.1 Å². The Bertz CT molecular complexity index is 675. The number of nitrogens with zero attached hydrogens (tertiary/aromatic N) is 2. The van der Waals surface area contributed by atoms with Crippen molar-refractivity contribution < 1.29 is 9.53 Å². The van der Waals surface area contributed by atoms with E-state index in [0.29, 0.717) is 25.0 Å². The Morgan fingerprint density at radius 3 is 2.43 bits per heavy atom. The monoisotopic (exact) mass is 414 g/mol. The van der Waals surface area contributed by atoms with E-state index in [1.165, 1.54) is 37.7 Å². The third kappa shape index (κ3) is 6.92. The lowest BCUT2D eigenvalue weighted by Gasteiger charge is -2.34. The lowest BCUT2D eigenvalue weighted by Crippen LogP contribution is -2.46. The molecule has 1 saturated heterocycles. The number of ether oxygens (including phenoxy) is 1. The molecule has 0 atom stereocenters. The van der Waals surface area contributed by atoms with Gasteiger partial charge in [-0.1, -0.05) is 18.6 Å². The van der Waals surface area contributed by atoms with Crippen LogP contribution in [0.4, 0.5) is 0 Å². The van der Waals surface area contributed by atoms with E-state index in [9.17, 15) is 4.79 Å². The normalized spacial score (nSPS) is 18.9. The zero-order valence-electron chi connectivity index (χ0n) is 18.7. The minimum absolute atomic E-state index is 0.143. The SMILES string of the molecule is CCNC(=NCc1ccc(OC2CCCCC2)cc1)N1CCC(CC(=O)NC)CC1. The van der Waals surface area contributed by atoms with E-state index >= 15 is 0 Å². The summed E-state index contributed by atoms with van der Waals surface area (Å²) in [5, 5.41) is 6.16. The number of carbonyl (C=O) groups is 1. The predicted octanol–water partition coefficient (Wildman–Crippen LogP) is 3.71. The Kier molecular flexibility index (Phi) is 8.84. The Labute approximate surface area is 181 Å². The molecule has 0 radical (unpaired) electrons. The van der Waals surface area contributed by atoms with Crippen molar-refractivity contribution in [2.45, 2.75) is 70.9 Å². The first kappa shape index (κ1) is 22.4. The van der Waals surface area contributed by atoms with Gasteiger partial charge in [-0.2, -0.15) is 0 Å². The van der Waals surface area contributed by atoms with Crippen LogP contribution in [0.5, 0.6) is 5.75 Å². The molecule has 1 aromatic carbocycles. The van der Waals surface area contributed by atoms with Crippen LogP contribution in [0.3, 0.4) is 0 Å². The smallest absolute Gasteiger partial charge is 0.220 e. The number of rotatable bonds is 7. The number of aliphatic imine (C=N–C) groups is 1. The maximum absolute atomic E-state index is 11.6. The second-order valence-electron chi connectivity index (χ2n) is 8.50. The number of amides is 1. The number of hydrogen-bond donors (Lipinski definition) is 2. The molecule has 30 heavy (non-hydrogen) atoms. The summed E-state index contributed by atoms with van der Waals surface area (Å²) >= 11 is 0. The van der Waals surface area contributed by atoms with E-state index in [2.05, 4.69) is 46.7 Å². The minimum atomic E-state index is 0.143. The summed E-state index contributed by atoms with van der Waals surface area (Å²) in [6.45, 7) is 5.50. The quantitative estimate of drug-likeness (QED) is 0.527. The zero-order valence-corrected chi connectivity index (χ0v) is 18.7. The summed E-state index contributed by atoms with van der Waals surface area (Å²) in [4.78, 5) is 18.8. The maximum Gasteiger partial charge on any atom is 0.220 e. The molecule has 2 fully saturated rings. The highest BCUT2D eigenvalue weighted by molar-refractivity contribution is 5.80. The molecular formula is C24H38N4O2. The van der Waals surface area contributed by atoms with Crippen LogP contribution in [-0.2, 0) is 11.3 Å². The van der Waals surface area contributed by atoms with Crippen molar-refractivity contribution in [2.75, 3.05) is 26.7 Å². The Balaban J connectivity index is 1.51. The van der Waals surface area contributed by atoms with Crippen LogP contribution in [-0.4, -0.2) is 49.6 Å². The van der Waals surface area contributed by atoms with Gasteiger partial charge >= 0.3 is 0 Å². The van der Waals surface area contributed by atoms with Gasteiger partial charge in [0.2, 0.25) is 5.91 Å². The number of nitrogens with one attached hydrogen (secondary N) is 2. The molecule has 166 valence electrons. The van der Waals surface area contributed by atoms with Gasteiger partial charge in [0.15, 0.2) is 5.96 Å². The molecule has 1 heterocycles. The highest BCUT2D eigenvalue weighted by atomic mass is 16.5. The molecule has 2 aliphatic rings. The molecule has 3 rings (SSSR count). The third-order valence-electron chi connectivity index (χ3n) is 6.19. The van der Waals surface area contributed by atoms with Gasteiger partial charge in [0.1, 0.15) is 5.75 Å². The van der Waals surface area contributed by atoms with Gasteiger partial charge in [-0.15, -0.1) is 0 Å². The summed E-state index contributed by atoms with van der Waals surface area (Å²) in [6, 6.07) is 8.41. The fourth-order valence-electron chi connectivity index (χ4n) is 4.35. The Morgan fingerprint density at radius 1 is 1.10 bits per heavy atom. The molecule has 1 amide bonds. The van der Waals surface area contributed by atoms with Gasteiger partial charge in [-0.25, -0.2) is 4.99 Å². The summed E-state index contributed by atoms with van der Waals surface area (Å²) in [7, 11) is 1.71. The van der Waals surface area contributed by atoms with E-state index in [4.69, 9.17) is 9.73 Å². The summed E-state index contributed by atoms with van der Waals surface area (Å²) < 4.78 is 6.13. The molecule has 1 aromatic rings. The average Bonchev–Trinajstić information content (AvgIpc) is 2.79. The Hall–Kier alpha value is -2.24. The molecule has 0 bridgehead atoms. The molecule has 6 nitrogen and oxygen atoms in total. The van der Waals surface area contributed by atoms with Gasteiger partial charge < -0.3 is 20.3 Å². The second-order valence-corrected chi connectivity index (χ2v) is 8.50. The van der Waals surface area contributed by atoms with Crippen molar-refractivity contribution in [1.82, 2.24) is 15.5 Å². The lowest BCUT2D eigenvalue weighted by atomic mass is 9.93. The van der Waals surface area contributed by atoms with Crippen LogP contribution < -0.4 is 15.4 Å². The van der Waals surface area contributed by atoms with E-state index in [0.717, 1.165) is 44.2 Å². The summed E-state index contributed by atoms with van der Waals surface area (Å²) in [5.41, 5.74) is 1.19. The molecule has 0 aromatic heterocycles. The average molecular weight is 415 g/mol. The molecule has 1 aliphatic heterocycles. The number of carbonyl (C=O) groups excluding carboxylic acids is 1. The van der Waals surface area contributed by atoms with Crippen LogP contribution in [0.1, 0.15) is 63.9 Å². The largest absolute Gasteiger partial charge is 0.490 e. The minimum Gasteiger partial charge on any atom is -0.490 e. The van der Waals surface area contributed by atoms with Crippen LogP contribution >= 0.6 is 0 Å². The lowest BCUT2D eigenvalue weighted by molar-refractivity contribution is -0.121. The maximum atomic E-state index is 11.6. The van der Waals surface area contributed by atoms with Gasteiger partial charge in [0, 0.05) is 33.1 Å². The zero-order chi connectivity index (χ0) is 21.2. The van der Waals surface area contributed by atoms with Crippen molar-refractivity contribution in [1.29, 1.82) is 0 Å². The predicted molar refractivity (Wildman–Crippen MR) is 122 cm³/mol. The molecular weight excluding hydrogens is 376 g/mol. The highest BCUT2D eigenvalue weighted by Gasteiger charge is 2.23. The number of guanidine groups is 1. The van der Waals surface area contributed by atoms with Crippen molar-refractivity contribution in [2.24, 2.45) is 10.9 Å². The molecule has 2 N–H and O–H groups in total. The van der Waals surface area contributed by atoms with Crippen molar-refractivity contribution in [3.63, 3.8) is 0 Å². The third-order valence-corrected chi connectivity index (χ3v) is 6.19. The Morgan fingerprint density at radius 2 is 1.80 bits per heavy atom. The van der Waals surface area contributed by atoms with Gasteiger partial charge in [-0.3, -0.25) is 4.79 Å². The highest BCUT2D eigenvalue weighted by Crippen LogP contribution is 2.24. The van der Waals surface area contributed by atoms with Crippen molar-refractivity contribution in [3.8, 4) is 5.75 Å². The van der Waals surface area contributed by atoms with E-state index in [-0.39, 0.29) is 5.91 Å². The number of piperidine rings is 1. The molecule has 0 unspecified atom stereocenters. The number of hydrogen-bond acceptors (Lipinski definition) is 3. The summed E-state index contributed by atoms with van der Waals surface area (Å²) in [5.74, 6) is 2.56. The van der Waals surface area contributed by atoms with E-state index < -0.39 is 0 Å². The van der Waals surface area contributed by atoms with Crippen molar-refractivity contribution in [3.05, 3.63) is 29.8 Å². The first-order valence-corrected chi connectivity index (χ1v) is 11.7. The number of benzene rings is 1. The van der Waals surface area contributed by atoms with E-state index in [1.54, 1.807) is 7.05 Å². The molecule has 6 heteroatoms. The first-order chi connectivity index (χ1) is 14.7. The molecule has 0 spiro atoms. The van der Waals surface area contributed by atoms with Gasteiger partial charge in [0.05, 0.1) is 12.6 Å². The van der Waals surface area contributed by atoms with Crippen LogP contribution in [0, 0.1) is 5.92 Å². The van der Waals surface area contributed by atoms with Crippen molar-refractivity contribution >= 4 is 11.9 Å². The summed E-state index contributed by atoms with van der Waals surface area (Å²) in [6.07, 6.45) is 9.35. The van der Waals surface area contributed by atoms with Crippen LogP contribution in [0.25, 0.3) is 0 Å². The van der Waals surface area contributed by atoms with E-state index in [1.807, 2.05) is 0 Å². The van der Waals surface area contributed by atoms with Gasteiger partial charge in [0.25, 0.3) is 0 Å². The fraction of sp³-hybridized carbons (Fsp3) is 0.667. The topological polar surface area (TPSA) is 66.0 Å². The molecule has 1 aliphatic carbocycles. The molecule has 1 saturated carbocycles. The fourth-order valence-corrected chi connectivity index (χ4v) is 4.35.